The van der Waals surface area contributed by atoms with Crippen LogP contribution in [0.1, 0.15) is 44.0 Å². The van der Waals surface area contributed by atoms with Crippen molar-refractivity contribution in [3.8, 4) is 0 Å². The molecule has 0 aromatic carbocycles. The summed E-state index contributed by atoms with van der Waals surface area (Å²) in [6.45, 7) is 6.81. The molecule has 0 saturated carbocycles. The molecule has 4 heteroatoms. The first-order chi connectivity index (χ1) is 8.21. The van der Waals surface area contributed by atoms with Crippen LogP contribution in [-0.4, -0.2) is 23.1 Å². The zero-order chi connectivity index (χ0) is 13.1. The van der Waals surface area contributed by atoms with E-state index in [9.17, 15) is 4.79 Å². The summed E-state index contributed by atoms with van der Waals surface area (Å²) >= 11 is 4.08. The summed E-state index contributed by atoms with van der Waals surface area (Å²) in [4.78, 5) is 15.6. The van der Waals surface area contributed by atoms with Crippen LogP contribution in [-0.2, 0) is 0 Å². The predicted molar refractivity (Wildman–Crippen MR) is 77.2 cm³/mol. The van der Waals surface area contributed by atoms with Crippen LogP contribution in [0.15, 0.2) is 18.3 Å². The Kier molecular flexibility index (Phi) is 9.53. The van der Waals surface area contributed by atoms with Crippen molar-refractivity contribution in [1.82, 2.24) is 4.98 Å². The number of pyridine rings is 1. The summed E-state index contributed by atoms with van der Waals surface area (Å²) in [7, 11) is 0. The molecule has 0 unspecified atom stereocenters. The molecule has 0 aliphatic carbocycles. The third-order valence-electron chi connectivity index (χ3n) is 1.83. The second kappa shape index (κ2) is 10.1. The Labute approximate surface area is 109 Å². The lowest BCUT2D eigenvalue weighted by Gasteiger charge is -2.07. The largest absolute Gasteiger partial charge is 0.369 e. The Bertz CT molecular complexity index is 329. The quantitative estimate of drug-likeness (QED) is 0.625. The minimum atomic E-state index is 0.111. The van der Waals surface area contributed by atoms with Gasteiger partial charge >= 0.3 is 0 Å². The monoisotopic (exact) mass is 254 g/mol. The number of carbonyl (C=O) groups excluding carboxylic acids is 1. The number of carbonyl (C=O) groups is 1. The lowest BCUT2D eigenvalue weighted by Crippen LogP contribution is -2.09. The van der Waals surface area contributed by atoms with E-state index >= 15 is 0 Å². The van der Waals surface area contributed by atoms with Gasteiger partial charge in [-0.3, -0.25) is 4.79 Å². The highest BCUT2D eigenvalue weighted by Crippen LogP contribution is 2.13. The first-order valence-electron chi connectivity index (χ1n) is 6.04. The van der Waals surface area contributed by atoms with Gasteiger partial charge in [-0.1, -0.05) is 27.2 Å². The predicted octanol–water partition coefficient (Wildman–Crippen LogP) is 3.43. The molecular weight excluding hydrogens is 232 g/mol. The van der Waals surface area contributed by atoms with Gasteiger partial charge in [-0.15, -0.1) is 0 Å². The molecule has 0 aliphatic rings. The van der Waals surface area contributed by atoms with E-state index in [4.69, 9.17) is 0 Å². The molecule has 0 atom stereocenters. The second-order valence-electron chi connectivity index (χ2n) is 3.53. The van der Waals surface area contributed by atoms with Crippen LogP contribution in [0.2, 0.25) is 0 Å². The van der Waals surface area contributed by atoms with Crippen LogP contribution in [0.5, 0.6) is 0 Å². The smallest absolute Gasteiger partial charge is 0.166 e. The Morgan fingerprint density at radius 2 is 2.06 bits per heavy atom. The molecule has 3 nitrogen and oxygen atoms in total. The number of hydrogen-bond donors (Lipinski definition) is 2. The Morgan fingerprint density at radius 1 is 1.41 bits per heavy atom. The molecule has 0 amide bonds. The highest BCUT2D eigenvalue weighted by atomic mass is 32.1. The van der Waals surface area contributed by atoms with Crippen LogP contribution < -0.4 is 5.32 Å². The molecule has 1 heterocycles. The molecule has 0 bridgehead atoms. The van der Waals surface area contributed by atoms with Crippen molar-refractivity contribution < 1.29 is 4.79 Å². The number of ketones is 1. The summed E-state index contributed by atoms with van der Waals surface area (Å²) in [5.41, 5.74) is 0.664. The summed E-state index contributed by atoms with van der Waals surface area (Å²) in [5.74, 6) is 1.49. The van der Waals surface area contributed by atoms with E-state index < -0.39 is 0 Å². The zero-order valence-electron chi connectivity index (χ0n) is 10.9. The topological polar surface area (TPSA) is 42.0 Å². The molecule has 0 radical (unpaired) electrons. The number of thiol groups is 1. The summed E-state index contributed by atoms with van der Waals surface area (Å²) in [5, 5.41) is 3.07. The highest BCUT2D eigenvalue weighted by molar-refractivity contribution is 7.80. The minimum Gasteiger partial charge on any atom is -0.369 e. The molecule has 0 spiro atoms. The molecule has 0 aliphatic heterocycles. The number of hydrogen-bond acceptors (Lipinski definition) is 4. The molecule has 1 N–H and O–H groups in total. The van der Waals surface area contributed by atoms with E-state index in [1.807, 2.05) is 6.92 Å². The maximum atomic E-state index is 11.5. The fourth-order valence-electron chi connectivity index (χ4n) is 1.14. The van der Waals surface area contributed by atoms with Gasteiger partial charge in [-0.05, 0) is 12.1 Å². The lowest BCUT2D eigenvalue weighted by molar-refractivity contribution is 0.0988. The van der Waals surface area contributed by atoms with Crippen LogP contribution >= 0.6 is 12.6 Å². The molecule has 17 heavy (non-hydrogen) atoms. The maximum Gasteiger partial charge on any atom is 0.166 e. The van der Waals surface area contributed by atoms with E-state index in [-0.39, 0.29) is 5.78 Å². The first kappa shape index (κ1) is 16.0. The Morgan fingerprint density at radius 3 is 2.59 bits per heavy atom. The van der Waals surface area contributed by atoms with Gasteiger partial charge in [0.25, 0.3) is 0 Å². The second-order valence-corrected chi connectivity index (χ2v) is 3.98. The number of aromatic nitrogens is 1. The summed E-state index contributed by atoms with van der Waals surface area (Å²) in [6, 6.07) is 3.56. The standard InChI is InChI=1S/C10H14N2OS.C3H8/c1-2-9(13)8-4-3-5-11-10(8)12-6-7-14;1-3-2/h3-5,14H,2,6-7H2,1H3,(H,11,12);3H2,1-2H3. The summed E-state index contributed by atoms with van der Waals surface area (Å²) in [6.07, 6.45) is 3.43. The van der Waals surface area contributed by atoms with Gasteiger partial charge in [0.1, 0.15) is 5.82 Å². The number of Topliss-reactive ketones (excluding diaryl/α,β-unsaturated/α-hetero) is 1. The lowest BCUT2D eigenvalue weighted by atomic mass is 10.1. The highest BCUT2D eigenvalue weighted by Gasteiger charge is 2.08. The van der Waals surface area contributed by atoms with E-state index in [2.05, 4.69) is 36.8 Å². The Hall–Kier alpha value is -1.03. The third-order valence-corrected chi connectivity index (χ3v) is 2.06. The van der Waals surface area contributed by atoms with Crippen molar-refractivity contribution in [2.24, 2.45) is 0 Å². The van der Waals surface area contributed by atoms with Gasteiger partial charge in [0.2, 0.25) is 0 Å². The zero-order valence-corrected chi connectivity index (χ0v) is 11.8. The third kappa shape index (κ3) is 6.31. The van der Waals surface area contributed by atoms with E-state index in [0.717, 1.165) is 5.75 Å². The van der Waals surface area contributed by atoms with Gasteiger partial charge in [0.15, 0.2) is 5.78 Å². The average molecular weight is 254 g/mol. The minimum absolute atomic E-state index is 0.111. The maximum absolute atomic E-state index is 11.5. The van der Waals surface area contributed by atoms with Crippen molar-refractivity contribution in [3.05, 3.63) is 23.9 Å². The van der Waals surface area contributed by atoms with Crippen molar-refractivity contribution in [2.75, 3.05) is 17.6 Å². The van der Waals surface area contributed by atoms with Crippen molar-refractivity contribution in [3.63, 3.8) is 0 Å². The van der Waals surface area contributed by atoms with Gasteiger partial charge in [0.05, 0.1) is 5.56 Å². The molecule has 0 saturated heterocycles. The summed E-state index contributed by atoms with van der Waals surface area (Å²) < 4.78 is 0. The molecular formula is C13H22N2OS. The van der Waals surface area contributed by atoms with Gasteiger partial charge in [-0.2, -0.15) is 12.6 Å². The van der Waals surface area contributed by atoms with Crippen molar-refractivity contribution in [2.45, 2.75) is 33.6 Å². The van der Waals surface area contributed by atoms with Crippen LogP contribution in [0.3, 0.4) is 0 Å². The number of rotatable bonds is 5. The fraction of sp³-hybridized carbons (Fsp3) is 0.538. The SMILES string of the molecule is CCC.CCC(=O)c1cccnc1NCCS. The van der Waals surface area contributed by atoms with Gasteiger partial charge < -0.3 is 5.32 Å². The molecule has 1 aromatic heterocycles. The molecule has 1 aromatic rings. The first-order valence-corrected chi connectivity index (χ1v) is 6.67. The van der Waals surface area contributed by atoms with Gasteiger partial charge in [-0.25, -0.2) is 4.98 Å². The van der Waals surface area contributed by atoms with Crippen molar-refractivity contribution >= 4 is 24.2 Å². The normalized spacial score (nSPS) is 9.18. The Balaban J connectivity index is 0.000000770. The van der Waals surface area contributed by atoms with Crippen LogP contribution in [0.4, 0.5) is 5.82 Å². The average Bonchev–Trinajstić information content (AvgIpc) is 2.36. The van der Waals surface area contributed by atoms with E-state index in [1.165, 1.54) is 6.42 Å². The number of anilines is 1. The van der Waals surface area contributed by atoms with Crippen LogP contribution in [0.25, 0.3) is 0 Å². The number of nitrogens with zero attached hydrogens (tertiary/aromatic N) is 1. The molecule has 0 fully saturated rings. The van der Waals surface area contributed by atoms with Crippen molar-refractivity contribution in [1.29, 1.82) is 0 Å². The fourth-order valence-corrected chi connectivity index (χ4v) is 1.25. The molecule has 96 valence electrons. The van der Waals surface area contributed by atoms with E-state index in [1.54, 1.807) is 18.3 Å². The number of nitrogens with one attached hydrogen (secondary N) is 1. The molecule has 1 rings (SSSR count). The van der Waals surface area contributed by atoms with Gasteiger partial charge in [0, 0.05) is 24.9 Å². The van der Waals surface area contributed by atoms with E-state index in [0.29, 0.717) is 24.3 Å². The van der Waals surface area contributed by atoms with Crippen LogP contribution in [0, 0.1) is 0 Å².